The van der Waals surface area contributed by atoms with Gasteiger partial charge in [-0.2, -0.15) is 0 Å². The molecule has 0 saturated carbocycles. The molecule has 22 heavy (non-hydrogen) atoms. The summed E-state index contributed by atoms with van der Waals surface area (Å²) in [7, 11) is 2.10. The van der Waals surface area contributed by atoms with Crippen molar-refractivity contribution in [3.63, 3.8) is 0 Å². The lowest BCUT2D eigenvalue weighted by molar-refractivity contribution is 1.49. The standard InChI is InChI=1S/C19H17P.HPS/c1-16-12-14-19(15-13-16)20(17-8-4-2-5-9-17)18-10-6-3-7-11-18;1-2/h2-15H,1H3;1H. The summed E-state index contributed by atoms with van der Waals surface area (Å²) >= 11 is 3.89. The highest BCUT2D eigenvalue weighted by Crippen LogP contribution is 2.32. The van der Waals surface area contributed by atoms with Gasteiger partial charge in [0.05, 0.1) is 0 Å². The summed E-state index contributed by atoms with van der Waals surface area (Å²) in [6, 6.07) is 30.5. The maximum absolute atomic E-state index is 3.89. The Morgan fingerprint density at radius 2 is 0.955 bits per heavy atom. The maximum Gasteiger partial charge on any atom is -0.0134 e. The van der Waals surface area contributed by atoms with Crippen LogP contribution in [0.2, 0.25) is 0 Å². The lowest BCUT2D eigenvalue weighted by atomic mass is 10.2. The molecule has 3 rings (SSSR count). The summed E-state index contributed by atoms with van der Waals surface area (Å²) in [5.74, 6) is 0. The van der Waals surface area contributed by atoms with Crippen LogP contribution in [0.3, 0.4) is 0 Å². The van der Waals surface area contributed by atoms with Gasteiger partial charge in [0, 0.05) is 0 Å². The second-order valence-corrected chi connectivity index (χ2v) is 7.06. The van der Waals surface area contributed by atoms with Crippen molar-refractivity contribution in [2.24, 2.45) is 0 Å². The molecule has 0 atom stereocenters. The summed E-state index contributed by atoms with van der Waals surface area (Å²) in [5.41, 5.74) is 1.31. The van der Waals surface area contributed by atoms with Gasteiger partial charge < -0.3 is 0 Å². The van der Waals surface area contributed by atoms with E-state index in [1.54, 1.807) is 0 Å². The first-order chi connectivity index (χ1) is 10.8. The average Bonchev–Trinajstić information content (AvgIpc) is 2.61. The van der Waals surface area contributed by atoms with E-state index in [-0.39, 0.29) is 0 Å². The van der Waals surface area contributed by atoms with Gasteiger partial charge in [-0.25, -0.2) is 0 Å². The fourth-order valence-corrected chi connectivity index (χ4v) is 4.58. The zero-order valence-electron chi connectivity index (χ0n) is 12.4. The summed E-state index contributed by atoms with van der Waals surface area (Å²) in [6.07, 6.45) is 0. The Bertz CT molecular complexity index is 642. The number of rotatable bonds is 3. The summed E-state index contributed by atoms with van der Waals surface area (Å²) in [6.45, 7) is 2.14. The number of hydrogen-bond acceptors (Lipinski definition) is 1. The third-order valence-electron chi connectivity index (χ3n) is 3.32. The highest BCUT2D eigenvalue weighted by molar-refractivity contribution is 7.88. The monoisotopic (exact) mass is 340 g/mol. The molecule has 0 fully saturated rings. The van der Waals surface area contributed by atoms with Crippen LogP contribution >= 0.6 is 15.9 Å². The summed E-state index contributed by atoms with van der Waals surface area (Å²) < 4.78 is 0. The van der Waals surface area contributed by atoms with Gasteiger partial charge >= 0.3 is 0 Å². The zero-order valence-corrected chi connectivity index (χ0v) is 15.1. The van der Waals surface area contributed by atoms with Crippen LogP contribution in [0.15, 0.2) is 84.9 Å². The van der Waals surface area contributed by atoms with E-state index in [4.69, 9.17) is 0 Å². The minimum absolute atomic E-state index is 0.458. The molecule has 3 heteroatoms. The molecule has 0 aromatic heterocycles. The van der Waals surface area contributed by atoms with Crippen molar-refractivity contribution in [3.05, 3.63) is 90.5 Å². The fourth-order valence-electron chi connectivity index (χ4n) is 2.30. The average molecular weight is 340 g/mol. The second kappa shape index (κ2) is 8.91. The SMILES string of the molecule is Cc1ccc(P(c2ccccc2)c2ccccc2)cc1.P=S. The van der Waals surface area contributed by atoms with Gasteiger partial charge in [-0.15, -0.1) is 0 Å². The highest BCUT2D eigenvalue weighted by atomic mass is 32.4. The smallest absolute Gasteiger partial charge is 0.0134 e. The van der Waals surface area contributed by atoms with Crippen LogP contribution in [0.1, 0.15) is 5.56 Å². The Kier molecular flexibility index (Phi) is 6.87. The number of hydrogen-bond donors (Lipinski definition) is 0. The van der Waals surface area contributed by atoms with Gasteiger partial charge in [-0.05, 0) is 38.8 Å². The summed E-state index contributed by atoms with van der Waals surface area (Å²) in [4.78, 5) is 0. The molecule has 0 spiro atoms. The molecule has 0 N–H and O–H groups in total. The molecule has 0 unspecified atom stereocenters. The van der Waals surface area contributed by atoms with E-state index in [9.17, 15) is 0 Å². The topological polar surface area (TPSA) is 0 Å². The zero-order chi connectivity index (χ0) is 15.8. The quantitative estimate of drug-likeness (QED) is 0.639. The predicted molar refractivity (Wildman–Crippen MR) is 106 cm³/mol. The lowest BCUT2D eigenvalue weighted by Gasteiger charge is -2.19. The third kappa shape index (κ3) is 4.31. The van der Waals surface area contributed by atoms with E-state index in [2.05, 4.69) is 112 Å². The molecule has 0 amide bonds. The van der Waals surface area contributed by atoms with Crippen molar-refractivity contribution in [1.29, 1.82) is 0 Å². The number of benzene rings is 3. The molecule has 0 radical (unpaired) electrons. The van der Waals surface area contributed by atoms with Gasteiger partial charge in [-0.3, -0.25) is 0 Å². The van der Waals surface area contributed by atoms with Crippen molar-refractivity contribution >= 4 is 43.7 Å². The van der Waals surface area contributed by atoms with Crippen LogP contribution in [-0.4, -0.2) is 0 Å². The first-order valence-electron chi connectivity index (χ1n) is 7.02. The van der Waals surface area contributed by atoms with Crippen LogP contribution in [0, 0.1) is 6.92 Å². The molecule has 0 nitrogen and oxygen atoms in total. The van der Waals surface area contributed by atoms with E-state index in [0.29, 0.717) is 0 Å². The normalized spacial score (nSPS) is 9.91. The van der Waals surface area contributed by atoms with Gasteiger partial charge in [0.15, 0.2) is 0 Å². The highest BCUT2D eigenvalue weighted by Gasteiger charge is 2.15. The van der Waals surface area contributed by atoms with Crippen molar-refractivity contribution in [2.75, 3.05) is 0 Å². The maximum atomic E-state index is 3.89. The molecule has 0 aliphatic carbocycles. The van der Waals surface area contributed by atoms with Crippen LogP contribution < -0.4 is 15.9 Å². The van der Waals surface area contributed by atoms with E-state index in [1.165, 1.54) is 21.5 Å². The predicted octanol–water partition coefficient (Wildman–Crippen LogP) is 4.34. The van der Waals surface area contributed by atoms with Crippen LogP contribution in [0.5, 0.6) is 0 Å². The lowest BCUT2D eigenvalue weighted by Crippen LogP contribution is -2.20. The largest absolute Gasteiger partial charge is 0.0622 e. The van der Waals surface area contributed by atoms with Crippen LogP contribution in [-0.2, 0) is 11.8 Å². The minimum Gasteiger partial charge on any atom is -0.0622 e. The van der Waals surface area contributed by atoms with Crippen molar-refractivity contribution in [1.82, 2.24) is 0 Å². The van der Waals surface area contributed by atoms with Crippen molar-refractivity contribution in [2.45, 2.75) is 6.92 Å². The molecular formula is C19H18P2S. The summed E-state index contributed by atoms with van der Waals surface area (Å²) in [5, 5.41) is 4.21. The molecule has 0 aliphatic heterocycles. The molecule has 3 aromatic carbocycles. The van der Waals surface area contributed by atoms with E-state index >= 15 is 0 Å². The Morgan fingerprint density at radius 1 is 0.591 bits per heavy atom. The molecule has 0 bridgehead atoms. The van der Waals surface area contributed by atoms with E-state index in [0.717, 1.165) is 0 Å². The molecular weight excluding hydrogens is 322 g/mol. The molecule has 0 saturated heterocycles. The first kappa shape index (κ1) is 17.0. The van der Waals surface area contributed by atoms with Gasteiger partial charge in [-0.1, -0.05) is 102 Å². The van der Waals surface area contributed by atoms with Crippen molar-refractivity contribution < 1.29 is 0 Å². The molecule has 110 valence electrons. The fraction of sp³-hybridized carbons (Fsp3) is 0.0526. The van der Waals surface area contributed by atoms with Gasteiger partial charge in [0.2, 0.25) is 0 Å². The van der Waals surface area contributed by atoms with Crippen LogP contribution in [0.25, 0.3) is 0 Å². The Hall–Kier alpha value is -1.39. The van der Waals surface area contributed by atoms with E-state index in [1.807, 2.05) is 0 Å². The Morgan fingerprint density at radius 3 is 1.36 bits per heavy atom. The first-order valence-corrected chi connectivity index (χ1v) is 9.99. The molecule has 0 aliphatic rings. The molecule has 0 heterocycles. The minimum atomic E-state index is -0.458. The van der Waals surface area contributed by atoms with Gasteiger partial charge in [0.1, 0.15) is 0 Å². The van der Waals surface area contributed by atoms with Crippen LogP contribution in [0.4, 0.5) is 0 Å². The van der Waals surface area contributed by atoms with Crippen molar-refractivity contribution in [3.8, 4) is 0 Å². The Balaban J connectivity index is 0.000000847. The number of aryl methyl sites for hydroxylation is 1. The van der Waals surface area contributed by atoms with E-state index < -0.39 is 7.92 Å². The third-order valence-corrected chi connectivity index (χ3v) is 5.76. The molecule has 3 aromatic rings. The second-order valence-electron chi connectivity index (χ2n) is 4.84. The Labute approximate surface area is 141 Å². The van der Waals surface area contributed by atoms with Gasteiger partial charge in [0.25, 0.3) is 0 Å².